The topological polar surface area (TPSA) is 26.3 Å². The third kappa shape index (κ3) is 3.89. The van der Waals surface area contributed by atoms with Crippen LogP contribution in [0, 0.1) is 0 Å². The highest BCUT2D eigenvalue weighted by Crippen LogP contribution is 2.39. The van der Waals surface area contributed by atoms with E-state index in [1.165, 1.54) is 0 Å². The van der Waals surface area contributed by atoms with Crippen LogP contribution in [0.25, 0.3) is 0 Å². The summed E-state index contributed by atoms with van der Waals surface area (Å²) in [6, 6.07) is 0. The molecule has 0 aliphatic carbocycles. The van der Waals surface area contributed by atoms with Gasteiger partial charge in [0.1, 0.15) is 10.7 Å². The van der Waals surface area contributed by atoms with Crippen LogP contribution in [-0.2, 0) is 9.53 Å². The number of hydrogen-bond acceptors (Lipinski definition) is 3. The van der Waals surface area contributed by atoms with Gasteiger partial charge in [-0.15, -0.1) is 11.8 Å². The van der Waals surface area contributed by atoms with Crippen molar-refractivity contribution < 1.29 is 27.1 Å². The summed E-state index contributed by atoms with van der Waals surface area (Å²) in [7, 11) is 1.16. The molecular formula is C12H9ClF4O2S. The Morgan fingerprint density at radius 3 is 2.55 bits per heavy atom. The molecule has 1 rings (SSSR count). The van der Waals surface area contributed by atoms with Gasteiger partial charge in [0, 0.05) is 5.75 Å². The van der Waals surface area contributed by atoms with Gasteiger partial charge in [-0.2, -0.15) is 13.2 Å². The molecule has 0 aromatic heterocycles. The average Bonchev–Trinajstić information content (AvgIpc) is 2.68. The molecule has 0 amide bonds. The van der Waals surface area contributed by atoms with Gasteiger partial charge in [-0.3, -0.25) is 0 Å². The highest BCUT2D eigenvalue weighted by Gasteiger charge is 2.35. The Morgan fingerprint density at radius 2 is 2.10 bits per heavy atom. The molecule has 1 heterocycles. The normalized spacial score (nSPS) is 18.7. The highest BCUT2D eigenvalue weighted by molar-refractivity contribution is 8.04. The summed E-state index contributed by atoms with van der Waals surface area (Å²) in [5, 5.41) is 0.00379. The van der Waals surface area contributed by atoms with Crippen molar-refractivity contribution in [3.8, 4) is 0 Å². The van der Waals surface area contributed by atoms with E-state index in [4.69, 9.17) is 11.6 Å². The van der Waals surface area contributed by atoms with Crippen molar-refractivity contribution in [3.63, 3.8) is 0 Å². The number of alkyl halides is 3. The maximum atomic E-state index is 12.8. The number of carbonyl (C=O) groups excluding carboxylic acids is 1. The fourth-order valence-electron chi connectivity index (χ4n) is 1.31. The molecule has 0 N–H and O–H groups in total. The Bertz CT molecular complexity index is 532. The standard InChI is InChI=1S/C12H9ClF4O2S/c1-6(14)8(12(15,16)17)4-3-7-5-20-10(9(7)13)11(18)19-2/h3-4H,1,5H2,2H3/b7-3+,8-4+. The van der Waals surface area contributed by atoms with Crippen LogP contribution < -0.4 is 0 Å². The molecule has 0 saturated heterocycles. The largest absolute Gasteiger partial charge is 0.465 e. The number of ether oxygens (including phenoxy) is 1. The predicted octanol–water partition coefficient (Wildman–Crippen LogP) is 4.25. The predicted molar refractivity (Wildman–Crippen MR) is 69.8 cm³/mol. The number of halogens is 5. The zero-order valence-corrected chi connectivity index (χ0v) is 11.8. The van der Waals surface area contributed by atoms with Gasteiger partial charge < -0.3 is 4.74 Å². The second-order valence-corrected chi connectivity index (χ2v) is 4.96. The van der Waals surface area contributed by atoms with E-state index < -0.39 is 23.5 Å². The van der Waals surface area contributed by atoms with E-state index >= 15 is 0 Å². The smallest absolute Gasteiger partial charge is 0.419 e. The Balaban J connectivity index is 3.11. The summed E-state index contributed by atoms with van der Waals surface area (Å²) in [4.78, 5) is 11.4. The summed E-state index contributed by atoms with van der Waals surface area (Å²) in [5.74, 6) is -2.06. The Morgan fingerprint density at radius 1 is 1.50 bits per heavy atom. The molecule has 8 heteroatoms. The van der Waals surface area contributed by atoms with Gasteiger partial charge in [0.15, 0.2) is 0 Å². The average molecular weight is 329 g/mol. The Kier molecular flexibility index (Phi) is 5.47. The molecule has 0 radical (unpaired) electrons. The van der Waals surface area contributed by atoms with Gasteiger partial charge in [-0.1, -0.05) is 24.3 Å². The molecule has 0 aromatic carbocycles. The first-order valence-electron chi connectivity index (χ1n) is 5.12. The van der Waals surface area contributed by atoms with Gasteiger partial charge in [0.2, 0.25) is 0 Å². The zero-order chi connectivity index (χ0) is 15.5. The van der Waals surface area contributed by atoms with Crippen LogP contribution in [0.3, 0.4) is 0 Å². The molecule has 1 aliphatic heterocycles. The van der Waals surface area contributed by atoms with E-state index in [1.54, 1.807) is 0 Å². The number of rotatable bonds is 3. The highest BCUT2D eigenvalue weighted by atomic mass is 35.5. The summed E-state index contributed by atoms with van der Waals surface area (Å²) >= 11 is 6.90. The van der Waals surface area contributed by atoms with Crippen molar-refractivity contribution in [3.05, 3.63) is 45.6 Å². The van der Waals surface area contributed by atoms with Crippen LogP contribution in [-0.4, -0.2) is 25.0 Å². The lowest BCUT2D eigenvalue weighted by Crippen LogP contribution is -2.11. The molecule has 0 spiro atoms. The first-order valence-corrected chi connectivity index (χ1v) is 6.49. The first kappa shape index (κ1) is 16.8. The number of methoxy groups -OCH3 is 1. The number of carbonyl (C=O) groups is 1. The maximum absolute atomic E-state index is 12.8. The summed E-state index contributed by atoms with van der Waals surface area (Å²) in [6.45, 7) is 2.63. The monoisotopic (exact) mass is 328 g/mol. The molecule has 0 bridgehead atoms. The van der Waals surface area contributed by atoms with Gasteiger partial charge in [-0.25, -0.2) is 9.18 Å². The van der Waals surface area contributed by atoms with Crippen molar-refractivity contribution in [2.45, 2.75) is 6.18 Å². The van der Waals surface area contributed by atoms with Crippen molar-refractivity contribution >= 4 is 29.3 Å². The van der Waals surface area contributed by atoms with Crippen LogP contribution in [0.5, 0.6) is 0 Å². The van der Waals surface area contributed by atoms with Crippen LogP contribution in [0.1, 0.15) is 0 Å². The minimum absolute atomic E-state index is 0.00379. The van der Waals surface area contributed by atoms with Crippen molar-refractivity contribution in [2.75, 3.05) is 12.9 Å². The van der Waals surface area contributed by atoms with Crippen molar-refractivity contribution in [1.29, 1.82) is 0 Å². The summed E-state index contributed by atoms with van der Waals surface area (Å²) in [6.07, 6.45) is -3.30. The van der Waals surface area contributed by atoms with E-state index in [0.29, 0.717) is 6.08 Å². The van der Waals surface area contributed by atoms with Gasteiger partial charge in [0.25, 0.3) is 0 Å². The number of hydrogen-bond donors (Lipinski definition) is 0. The Hall–Kier alpha value is -1.21. The van der Waals surface area contributed by atoms with Crippen LogP contribution in [0.4, 0.5) is 17.6 Å². The lowest BCUT2D eigenvalue weighted by Gasteiger charge is -2.07. The number of allylic oxidation sites excluding steroid dienone is 5. The zero-order valence-electron chi connectivity index (χ0n) is 10.2. The maximum Gasteiger partial charge on any atom is 0.419 e. The SMILES string of the molecule is C=C(F)/C(=C\C=C1/CSC(C(=O)OC)=C1Cl)C(F)(F)F. The second-order valence-electron chi connectivity index (χ2n) is 3.60. The molecule has 20 heavy (non-hydrogen) atoms. The second kappa shape index (κ2) is 6.49. The molecule has 1 aliphatic rings. The molecule has 0 saturated carbocycles. The molecule has 0 aromatic rings. The van der Waals surface area contributed by atoms with Crippen LogP contribution >= 0.6 is 23.4 Å². The van der Waals surface area contributed by atoms with Gasteiger partial charge in [-0.05, 0) is 11.6 Å². The summed E-state index contributed by atoms with van der Waals surface area (Å²) in [5.41, 5.74) is -1.22. The molecule has 110 valence electrons. The summed E-state index contributed by atoms with van der Waals surface area (Å²) < 4.78 is 54.7. The van der Waals surface area contributed by atoms with E-state index in [0.717, 1.165) is 24.9 Å². The van der Waals surface area contributed by atoms with Crippen LogP contribution in [0.2, 0.25) is 0 Å². The Labute approximate surface area is 121 Å². The van der Waals surface area contributed by atoms with Crippen LogP contribution in [0.15, 0.2) is 45.6 Å². The van der Waals surface area contributed by atoms with E-state index in [-0.39, 0.29) is 21.3 Å². The van der Waals surface area contributed by atoms with Gasteiger partial charge in [0.05, 0.1) is 17.7 Å². The quantitative estimate of drug-likeness (QED) is 0.440. The van der Waals surface area contributed by atoms with Crippen molar-refractivity contribution in [1.82, 2.24) is 0 Å². The number of esters is 1. The molecule has 0 atom stereocenters. The lowest BCUT2D eigenvalue weighted by molar-refractivity contribution is -0.135. The van der Waals surface area contributed by atoms with E-state index in [9.17, 15) is 22.4 Å². The number of thioether (sulfide) groups is 1. The molecule has 0 unspecified atom stereocenters. The molecular weight excluding hydrogens is 320 g/mol. The third-order valence-corrected chi connectivity index (χ3v) is 3.93. The molecule has 0 fully saturated rings. The lowest BCUT2D eigenvalue weighted by atomic mass is 10.1. The van der Waals surface area contributed by atoms with E-state index in [2.05, 4.69) is 11.3 Å². The minimum Gasteiger partial charge on any atom is -0.465 e. The minimum atomic E-state index is -4.85. The van der Waals surface area contributed by atoms with Crippen molar-refractivity contribution in [2.24, 2.45) is 0 Å². The fraction of sp³-hybridized carbons (Fsp3) is 0.250. The van der Waals surface area contributed by atoms with E-state index in [1.807, 2.05) is 0 Å². The molecule has 2 nitrogen and oxygen atoms in total. The first-order chi connectivity index (χ1) is 9.18. The van der Waals surface area contributed by atoms with Gasteiger partial charge >= 0.3 is 12.1 Å². The third-order valence-electron chi connectivity index (χ3n) is 2.27. The fourth-order valence-corrected chi connectivity index (χ4v) is 2.76.